The molecule has 0 radical (unpaired) electrons. The number of fused-ring (bicyclic) bond motifs is 1. The minimum atomic E-state index is -2.29. The third kappa shape index (κ3) is 5.10. The summed E-state index contributed by atoms with van der Waals surface area (Å²) in [6.45, 7) is 4.45. The molecule has 10 nitrogen and oxygen atoms in total. The van der Waals surface area contributed by atoms with Crippen LogP contribution in [0.5, 0.6) is 0 Å². The van der Waals surface area contributed by atoms with Crippen LogP contribution in [0.3, 0.4) is 0 Å². The summed E-state index contributed by atoms with van der Waals surface area (Å²) in [4.78, 5) is 51.5. The number of aromatic nitrogens is 2. The zero-order valence-electron chi connectivity index (χ0n) is 20.7. The number of anilines is 1. The van der Waals surface area contributed by atoms with E-state index in [1.807, 2.05) is 11.0 Å². The van der Waals surface area contributed by atoms with E-state index in [-0.39, 0.29) is 12.2 Å². The number of ether oxygens (including phenoxy) is 1. The quantitative estimate of drug-likeness (QED) is 0.325. The van der Waals surface area contributed by atoms with Crippen molar-refractivity contribution in [2.75, 3.05) is 38.2 Å². The van der Waals surface area contributed by atoms with Gasteiger partial charge in [-0.3, -0.25) is 24.3 Å². The molecule has 2 aliphatic heterocycles. The average Bonchev–Trinajstić information content (AvgIpc) is 2.90. The van der Waals surface area contributed by atoms with Gasteiger partial charge in [0.15, 0.2) is 5.78 Å². The van der Waals surface area contributed by atoms with Gasteiger partial charge in [-0.25, -0.2) is 4.98 Å². The van der Waals surface area contributed by atoms with Crippen molar-refractivity contribution >= 4 is 23.5 Å². The third-order valence-electron chi connectivity index (χ3n) is 6.90. The van der Waals surface area contributed by atoms with Crippen LogP contribution >= 0.6 is 0 Å². The molecule has 192 valence electrons. The fourth-order valence-corrected chi connectivity index (χ4v) is 5.05. The van der Waals surface area contributed by atoms with Gasteiger partial charge in [-0.05, 0) is 63.3 Å². The molecule has 2 aliphatic rings. The van der Waals surface area contributed by atoms with Crippen molar-refractivity contribution in [3.05, 3.63) is 53.5 Å². The van der Waals surface area contributed by atoms with Gasteiger partial charge < -0.3 is 21.1 Å². The molecule has 0 saturated carbocycles. The number of pyridine rings is 2. The first-order valence-corrected chi connectivity index (χ1v) is 12.6. The molecular weight excluding hydrogens is 460 g/mol. The molecule has 1 unspecified atom stereocenters. The molecule has 2 aromatic rings. The Morgan fingerprint density at radius 1 is 1.22 bits per heavy atom. The van der Waals surface area contributed by atoms with Crippen molar-refractivity contribution in [1.82, 2.24) is 20.2 Å². The van der Waals surface area contributed by atoms with Crippen LogP contribution in [0, 0.1) is 0 Å². The van der Waals surface area contributed by atoms with Crippen LogP contribution in [-0.4, -0.2) is 71.5 Å². The molecule has 2 aromatic heterocycles. The maximum absolute atomic E-state index is 14.3. The average molecular weight is 495 g/mol. The van der Waals surface area contributed by atoms with Gasteiger partial charge in [0, 0.05) is 43.4 Å². The van der Waals surface area contributed by atoms with Gasteiger partial charge in [0.2, 0.25) is 11.3 Å². The van der Waals surface area contributed by atoms with Crippen LogP contribution in [0.2, 0.25) is 0 Å². The highest BCUT2D eigenvalue weighted by atomic mass is 16.5. The van der Waals surface area contributed by atoms with Gasteiger partial charge in [-0.15, -0.1) is 0 Å². The molecule has 1 saturated heterocycles. The molecule has 4 heterocycles. The predicted molar refractivity (Wildman–Crippen MR) is 134 cm³/mol. The van der Waals surface area contributed by atoms with E-state index in [0.29, 0.717) is 26.1 Å². The number of carbonyl (C=O) groups excluding carboxylic acids is 3. The van der Waals surface area contributed by atoms with E-state index in [4.69, 9.17) is 15.5 Å². The van der Waals surface area contributed by atoms with Crippen molar-refractivity contribution in [3.8, 4) is 0 Å². The first-order valence-electron chi connectivity index (χ1n) is 12.6. The van der Waals surface area contributed by atoms with Gasteiger partial charge in [0.25, 0.3) is 0 Å². The van der Waals surface area contributed by atoms with Crippen molar-refractivity contribution in [3.63, 3.8) is 0 Å². The fraction of sp³-hybridized carbons (Fsp3) is 0.500. The fourth-order valence-electron chi connectivity index (χ4n) is 5.05. The van der Waals surface area contributed by atoms with Crippen LogP contribution in [0.25, 0.3) is 0 Å². The minimum absolute atomic E-state index is 0.00336. The number of esters is 1. The minimum Gasteiger partial charge on any atom is -0.465 e. The Balaban J connectivity index is 1.70. The molecule has 4 N–H and O–H groups in total. The zero-order valence-corrected chi connectivity index (χ0v) is 20.7. The highest BCUT2D eigenvalue weighted by molar-refractivity contribution is 6.28. The lowest BCUT2D eigenvalue weighted by Crippen LogP contribution is -2.62. The maximum atomic E-state index is 14.3. The summed E-state index contributed by atoms with van der Waals surface area (Å²) in [5.41, 5.74) is 5.69. The van der Waals surface area contributed by atoms with Gasteiger partial charge in [-0.1, -0.05) is 12.1 Å². The zero-order chi connectivity index (χ0) is 25.5. The van der Waals surface area contributed by atoms with Crippen molar-refractivity contribution in [1.29, 1.82) is 0 Å². The molecule has 0 aromatic carbocycles. The van der Waals surface area contributed by atoms with Crippen LogP contribution in [0.4, 0.5) is 5.82 Å². The van der Waals surface area contributed by atoms with Crippen molar-refractivity contribution in [2.45, 2.75) is 50.5 Å². The highest BCUT2D eigenvalue weighted by Gasteiger charge is 2.57. The number of carbonyl (C=O) groups is 3. The lowest BCUT2D eigenvalue weighted by atomic mass is 9.73. The summed E-state index contributed by atoms with van der Waals surface area (Å²) < 4.78 is 5.26. The number of nitrogens with one attached hydrogen (secondary N) is 2. The molecule has 1 amide bonds. The van der Waals surface area contributed by atoms with E-state index in [0.717, 1.165) is 43.9 Å². The second kappa shape index (κ2) is 11.6. The molecule has 10 heteroatoms. The number of ketones is 1. The van der Waals surface area contributed by atoms with Gasteiger partial charge in [0.05, 0.1) is 12.6 Å². The van der Waals surface area contributed by atoms with Crippen molar-refractivity contribution in [2.24, 2.45) is 5.73 Å². The smallest absolute Gasteiger partial charge is 0.334 e. The summed E-state index contributed by atoms with van der Waals surface area (Å²) in [6.07, 6.45) is 6.59. The van der Waals surface area contributed by atoms with Crippen LogP contribution in [0.15, 0.2) is 36.7 Å². The molecule has 1 fully saturated rings. The molecule has 2 atom stereocenters. The van der Waals surface area contributed by atoms with Crippen molar-refractivity contribution < 1.29 is 19.1 Å². The van der Waals surface area contributed by atoms with E-state index >= 15 is 0 Å². The summed E-state index contributed by atoms with van der Waals surface area (Å²) in [5.74, 6) is -1.75. The summed E-state index contributed by atoms with van der Waals surface area (Å²) in [7, 11) is 0. The number of hydrogen-bond acceptors (Lipinski definition) is 9. The standard InChI is InChI=1S/C26H34N6O4/c1-2-36-25(35)26(24(27)34,19-7-4-12-28-16-19)22(33)21(32-15-5-13-29-17-32)11-10-20-9-8-18-6-3-14-30-23(18)31-20/h4,7-9,12,16,21,29H,2-3,5-6,10-11,13-15,17H2,1H3,(H2,27,34)(H,30,31)/t21?,26-/m0/s1. The second-order valence-corrected chi connectivity index (χ2v) is 9.16. The number of amides is 1. The first-order chi connectivity index (χ1) is 17.5. The summed E-state index contributed by atoms with van der Waals surface area (Å²) >= 11 is 0. The Morgan fingerprint density at radius 3 is 2.78 bits per heavy atom. The number of Topliss-reactive ketones (excluding diaryl/α,β-unsaturated/α-hetero) is 1. The highest BCUT2D eigenvalue weighted by Crippen LogP contribution is 2.31. The number of hydrogen-bond donors (Lipinski definition) is 3. The molecule has 0 bridgehead atoms. The number of nitrogens with zero attached hydrogens (tertiary/aromatic N) is 3. The van der Waals surface area contributed by atoms with Gasteiger partial charge in [0.1, 0.15) is 5.82 Å². The molecular formula is C26H34N6O4. The Morgan fingerprint density at radius 2 is 2.08 bits per heavy atom. The normalized spacial score (nSPS) is 18.2. The molecule has 4 rings (SSSR count). The third-order valence-corrected chi connectivity index (χ3v) is 6.90. The Hall–Kier alpha value is -3.37. The Labute approximate surface area is 211 Å². The van der Waals surface area contributed by atoms with E-state index in [1.165, 1.54) is 24.0 Å². The predicted octanol–water partition coefficient (Wildman–Crippen LogP) is 0.944. The number of nitrogens with two attached hydrogens (primary N) is 1. The van der Waals surface area contributed by atoms with E-state index in [2.05, 4.69) is 21.7 Å². The number of primary amides is 1. The number of rotatable bonds is 10. The lowest BCUT2D eigenvalue weighted by molar-refractivity contribution is -0.159. The van der Waals surface area contributed by atoms with E-state index in [9.17, 15) is 14.4 Å². The topological polar surface area (TPSA) is 140 Å². The summed E-state index contributed by atoms with van der Waals surface area (Å²) in [6, 6.07) is 6.39. The second-order valence-electron chi connectivity index (χ2n) is 9.16. The van der Waals surface area contributed by atoms with E-state index < -0.39 is 29.1 Å². The van der Waals surface area contributed by atoms with Gasteiger partial charge >= 0.3 is 5.97 Å². The monoisotopic (exact) mass is 494 g/mol. The SMILES string of the molecule is CCOC(=O)[C@](C(N)=O)(C(=O)C(CCc1ccc2c(n1)NCCC2)N1CCCNC1)c1cccnc1. The summed E-state index contributed by atoms with van der Waals surface area (Å²) in [5, 5.41) is 6.63. The van der Waals surface area contributed by atoms with Crippen LogP contribution < -0.4 is 16.4 Å². The first kappa shape index (κ1) is 25.7. The molecule has 0 spiro atoms. The van der Waals surface area contributed by atoms with Crippen LogP contribution in [0.1, 0.15) is 43.0 Å². The Kier molecular flexibility index (Phi) is 8.27. The molecule has 36 heavy (non-hydrogen) atoms. The molecule has 0 aliphatic carbocycles. The lowest BCUT2D eigenvalue weighted by Gasteiger charge is -2.38. The Bertz CT molecular complexity index is 1090. The number of aryl methyl sites for hydroxylation is 2. The van der Waals surface area contributed by atoms with Gasteiger partial charge in [-0.2, -0.15) is 0 Å². The largest absolute Gasteiger partial charge is 0.465 e. The maximum Gasteiger partial charge on any atom is 0.334 e. The van der Waals surface area contributed by atoms with Crippen LogP contribution in [-0.2, 0) is 37.4 Å². The van der Waals surface area contributed by atoms with E-state index in [1.54, 1.807) is 13.0 Å².